The molecule has 1 aliphatic heterocycles. The van der Waals surface area contributed by atoms with Gasteiger partial charge in [0.05, 0.1) is 12.4 Å². The molecule has 0 amide bonds. The SMILES string of the molecule is CCOCCS(=O)(=O)N1CCCC1CN.Cl. The van der Waals surface area contributed by atoms with Gasteiger partial charge < -0.3 is 10.5 Å². The van der Waals surface area contributed by atoms with Crippen LogP contribution in [0, 0.1) is 0 Å². The highest BCUT2D eigenvalue weighted by molar-refractivity contribution is 7.89. The van der Waals surface area contributed by atoms with Crippen LogP contribution in [0.4, 0.5) is 0 Å². The number of sulfonamides is 1. The molecule has 0 bridgehead atoms. The van der Waals surface area contributed by atoms with Crippen molar-refractivity contribution in [1.82, 2.24) is 4.31 Å². The zero-order valence-electron chi connectivity index (χ0n) is 9.59. The van der Waals surface area contributed by atoms with Gasteiger partial charge in [0.25, 0.3) is 0 Å². The van der Waals surface area contributed by atoms with Crippen molar-refractivity contribution in [2.45, 2.75) is 25.8 Å². The predicted molar refractivity (Wildman–Crippen MR) is 66.3 cm³/mol. The molecule has 0 aromatic carbocycles. The van der Waals surface area contributed by atoms with Gasteiger partial charge in [-0.1, -0.05) is 0 Å². The highest BCUT2D eigenvalue weighted by Gasteiger charge is 2.32. The van der Waals surface area contributed by atoms with E-state index in [-0.39, 0.29) is 30.8 Å². The van der Waals surface area contributed by atoms with E-state index >= 15 is 0 Å². The summed E-state index contributed by atoms with van der Waals surface area (Å²) in [6.45, 7) is 3.69. The summed E-state index contributed by atoms with van der Waals surface area (Å²) in [7, 11) is -3.17. The second kappa shape index (κ2) is 7.45. The maximum absolute atomic E-state index is 11.9. The first kappa shape index (κ1) is 16.1. The van der Waals surface area contributed by atoms with Crippen molar-refractivity contribution in [3.63, 3.8) is 0 Å². The number of ether oxygens (including phenoxy) is 1. The van der Waals surface area contributed by atoms with E-state index in [4.69, 9.17) is 10.5 Å². The molecule has 1 aliphatic rings. The zero-order valence-corrected chi connectivity index (χ0v) is 11.2. The van der Waals surface area contributed by atoms with Crippen molar-refractivity contribution in [3.8, 4) is 0 Å². The van der Waals surface area contributed by atoms with E-state index in [1.807, 2.05) is 6.92 Å². The Bertz CT molecular complexity index is 284. The molecule has 1 fully saturated rings. The Kier molecular flexibility index (Phi) is 7.50. The highest BCUT2D eigenvalue weighted by atomic mass is 35.5. The van der Waals surface area contributed by atoms with Gasteiger partial charge >= 0.3 is 0 Å². The van der Waals surface area contributed by atoms with E-state index in [9.17, 15) is 8.42 Å². The molecule has 0 aromatic heterocycles. The molecule has 5 nitrogen and oxygen atoms in total. The van der Waals surface area contributed by atoms with E-state index in [0.717, 1.165) is 12.8 Å². The molecule has 1 unspecified atom stereocenters. The molecule has 0 spiro atoms. The fraction of sp³-hybridized carbons (Fsp3) is 1.00. The van der Waals surface area contributed by atoms with Crippen LogP contribution in [0.3, 0.4) is 0 Å². The van der Waals surface area contributed by atoms with E-state index in [0.29, 0.717) is 19.7 Å². The van der Waals surface area contributed by atoms with Gasteiger partial charge in [0.1, 0.15) is 0 Å². The first-order valence-electron chi connectivity index (χ1n) is 5.39. The molecule has 2 N–H and O–H groups in total. The number of hydrogen-bond donors (Lipinski definition) is 1. The Morgan fingerprint density at radius 3 is 2.75 bits per heavy atom. The second-order valence-electron chi connectivity index (χ2n) is 3.66. The number of halogens is 1. The van der Waals surface area contributed by atoms with Crippen molar-refractivity contribution in [1.29, 1.82) is 0 Å². The maximum Gasteiger partial charge on any atom is 0.216 e. The Morgan fingerprint density at radius 1 is 1.50 bits per heavy atom. The molecule has 0 aliphatic carbocycles. The molecule has 0 saturated carbocycles. The summed E-state index contributed by atoms with van der Waals surface area (Å²) in [6.07, 6.45) is 1.79. The number of nitrogens with zero attached hydrogens (tertiary/aromatic N) is 1. The topological polar surface area (TPSA) is 72.6 Å². The highest BCUT2D eigenvalue weighted by Crippen LogP contribution is 2.20. The van der Waals surface area contributed by atoms with Crippen LogP contribution >= 0.6 is 12.4 Å². The van der Waals surface area contributed by atoms with Crippen LogP contribution in [-0.2, 0) is 14.8 Å². The van der Waals surface area contributed by atoms with Crippen LogP contribution in [0.1, 0.15) is 19.8 Å². The lowest BCUT2D eigenvalue weighted by atomic mass is 10.2. The van der Waals surface area contributed by atoms with Gasteiger partial charge in [-0.05, 0) is 19.8 Å². The number of nitrogens with two attached hydrogens (primary N) is 1. The van der Waals surface area contributed by atoms with Gasteiger partial charge in [0.15, 0.2) is 0 Å². The number of hydrogen-bond acceptors (Lipinski definition) is 4. The summed E-state index contributed by atoms with van der Waals surface area (Å²) in [6, 6.07) is -0.00312. The van der Waals surface area contributed by atoms with Gasteiger partial charge in [-0.2, -0.15) is 4.31 Å². The minimum absolute atomic E-state index is 0. The molecule has 98 valence electrons. The van der Waals surface area contributed by atoms with E-state index in [2.05, 4.69) is 0 Å². The van der Waals surface area contributed by atoms with Crippen LogP contribution in [-0.4, -0.2) is 50.8 Å². The summed E-state index contributed by atoms with van der Waals surface area (Å²) in [4.78, 5) is 0. The third-order valence-electron chi connectivity index (χ3n) is 2.64. The van der Waals surface area contributed by atoms with Gasteiger partial charge in [0.2, 0.25) is 10.0 Å². The summed E-state index contributed by atoms with van der Waals surface area (Å²) < 4.78 is 30.3. The van der Waals surface area contributed by atoms with Gasteiger partial charge in [-0.15, -0.1) is 12.4 Å². The quantitative estimate of drug-likeness (QED) is 0.701. The number of rotatable bonds is 6. The van der Waals surface area contributed by atoms with Gasteiger partial charge in [0, 0.05) is 25.7 Å². The lowest BCUT2D eigenvalue weighted by Gasteiger charge is -2.22. The first-order valence-corrected chi connectivity index (χ1v) is 7.00. The molecule has 16 heavy (non-hydrogen) atoms. The van der Waals surface area contributed by atoms with Crippen LogP contribution in [0.25, 0.3) is 0 Å². The van der Waals surface area contributed by atoms with Crippen LogP contribution in [0.15, 0.2) is 0 Å². The maximum atomic E-state index is 11.9. The molecule has 1 atom stereocenters. The minimum atomic E-state index is -3.17. The summed E-state index contributed by atoms with van der Waals surface area (Å²) in [5, 5.41) is 0. The zero-order chi connectivity index (χ0) is 11.3. The lowest BCUT2D eigenvalue weighted by molar-refractivity contribution is 0.162. The van der Waals surface area contributed by atoms with Gasteiger partial charge in [-0.3, -0.25) is 0 Å². The minimum Gasteiger partial charge on any atom is -0.381 e. The Labute approximate surface area is 104 Å². The Balaban J connectivity index is 0.00000225. The second-order valence-corrected chi connectivity index (χ2v) is 5.70. The summed E-state index contributed by atoms with van der Waals surface area (Å²) in [5.74, 6) is 0.0668. The predicted octanol–water partition coefficient (Wildman–Crippen LogP) is 0.198. The van der Waals surface area contributed by atoms with Crippen LogP contribution < -0.4 is 5.73 Å². The van der Waals surface area contributed by atoms with E-state index < -0.39 is 10.0 Å². The molecule has 1 rings (SSSR count). The van der Waals surface area contributed by atoms with Crippen molar-refractivity contribution < 1.29 is 13.2 Å². The molecule has 1 heterocycles. The molecular weight excluding hydrogens is 252 g/mol. The Morgan fingerprint density at radius 2 is 2.19 bits per heavy atom. The Hall–Kier alpha value is 0.120. The molecule has 1 saturated heterocycles. The smallest absolute Gasteiger partial charge is 0.216 e. The van der Waals surface area contributed by atoms with Crippen LogP contribution in [0.5, 0.6) is 0 Å². The van der Waals surface area contributed by atoms with E-state index in [1.165, 1.54) is 4.31 Å². The van der Waals surface area contributed by atoms with Crippen molar-refractivity contribution in [2.75, 3.05) is 32.1 Å². The summed E-state index contributed by atoms with van der Waals surface area (Å²) >= 11 is 0. The average molecular weight is 273 g/mol. The monoisotopic (exact) mass is 272 g/mol. The molecule has 7 heteroatoms. The van der Waals surface area contributed by atoms with Crippen molar-refractivity contribution in [2.24, 2.45) is 5.73 Å². The average Bonchev–Trinajstić information content (AvgIpc) is 2.66. The largest absolute Gasteiger partial charge is 0.381 e. The summed E-state index contributed by atoms with van der Waals surface area (Å²) in [5.41, 5.74) is 5.54. The molecule has 0 aromatic rings. The molecular formula is C9H21ClN2O3S. The third-order valence-corrected chi connectivity index (χ3v) is 4.52. The van der Waals surface area contributed by atoms with Crippen molar-refractivity contribution >= 4 is 22.4 Å². The fourth-order valence-electron chi connectivity index (χ4n) is 1.84. The first-order chi connectivity index (χ1) is 7.11. The normalized spacial score (nSPS) is 22.0. The molecule has 0 radical (unpaired) electrons. The van der Waals surface area contributed by atoms with Crippen molar-refractivity contribution in [3.05, 3.63) is 0 Å². The third kappa shape index (κ3) is 4.18. The standard InChI is InChI=1S/C9H20N2O3S.ClH/c1-2-14-6-7-15(12,13)11-5-3-4-9(11)8-10;/h9H,2-8,10H2,1H3;1H. The lowest BCUT2D eigenvalue weighted by Crippen LogP contribution is -2.41. The van der Waals surface area contributed by atoms with E-state index in [1.54, 1.807) is 0 Å². The fourth-order valence-corrected chi connectivity index (χ4v) is 3.45. The van der Waals surface area contributed by atoms with Crippen LogP contribution in [0.2, 0.25) is 0 Å². The van der Waals surface area contributed by atoms with Gasteiger partial charge in [-0.25, -0.2) is 8.42 Å².